The highest BCUT2D eigenvalue weighted by molar-refractivity contribution is 5.82. The average Bonchev–Trinajstić information content (AvgIpc) is 3.06. The van der Waals surface area contributed by atoms with Crippen molar-refractivity contribution in [1.82, 2.24) is 14.7 Å². The van der Waals surface area contributed by atoms with Crippen LogP contribution in [0.25, 0.3) is 0 Å². The van der Waals surface area contributed by atoms with Crippen molar-refractivity contribution in [2.75, 3.05) is 33.2 Å². The Bertz CT molecular complexity index is 513. The van der Waals surface area contributed by atoms with Gasteiger partial charge in [-0.2, -0.15) is 0 Å². The zero-order valence-corrected chi connectivity index (χ0v) is 14.0. The molecule has 5 fully saturated rings. The summed E-state index contributed by atoms with van der Waals surface area (Å²) in [5, 5.41) is 9.30. The van der Waals surface area contributed by atoms with Crippen molar-refractivity contribution in [3.05, 3.63) is 0 Å². The summed E-state index contributed by atoms with van der Waals surface area (Å²) >= 11 is 0. The molecule has 1 N–H and O–H groups in total. The summed E-state index contributed by atoms with van der Waals surface area (Å²) in [4.78, 5) is 29.7. The molecule has 6 atom stereocenters. The van der Waals surface area contributed by atoms with Crippen molar-refractivity contribution in [2.24, 2.45) is 23.7 Å². The third-order valence-electron chi connectivity index (χ3n) is 6.87. The second kappa shape index (κ2) is 5.36. The summed E-state index contributed by atoms with van der Waals surface area (Å²) in [5.74, 6) is 2.16. The predicted molar refractivity (Wildman–Crippen MR) is 85.0 cm³/mol. The van der Waals surface area contributed by atoms with E-state index in [1.54, 1.807) is 4.90 Å². The Morgan fingerprint density at radius 1 is 1.17 bits per heavy atom. The van der Waals surface area contributed by atoms with Crippen molar-refractivity contribution in [3.63, 3.8) is 0 Å². The molecule has 2 saturated carbocycles. The maximum absolute atomic E-state index is 12.3. The molecule has 2 bridgehead atoms. The van der Waals surface area contributed by atoms with E-state index in [2.05, 4.69) is 4.90 Å². The Hall–Kier alpha value is -1.30. The van der Waals surface area contributed by atoms with Gasteiger partial charge >= 0.3 is 6.09 Å². The number of carbonyl (C=O) groups is 2. The van der Waals surface area contributed by atoms with Gasteiger partial charge in [-0.05, 0) is 43.9 Å². The van der Waals surface area contributed by atoms with E-state index in [1.165, 1.54) is 0 Å². The van der Waals surface area contributed by atoms with Crippen LogP contribution in [-0.4, -0.2) is 77.1 Å². The Balaban J connectivity index is 1.35. The molecule has 6 heteroatoms. The minimum Gasteiger partial charge on any atom is -0.465 e. The highest BCUT2D eigenvalue weighted by Gasteiger charge is 2.61. The van der Waals surface area contributed by atoms with Gasteiger partial charge in [0, 0.05) is 51.2 Å². The normalized spacial score (nSPS) is 41.7. The summed E-state index contributed by atoms with van der Waals surface area (Å²) in [6, 6.07) is 0.750. The van der Waals surface area contributed by atoms with Crippen LogP contribution in [0.5, 0.6) is 0 Å². The molecule has 0 aromatic heterocycles. The SMILES string of the molecule is CCN(C)C(=O)[C@@H]1[C@@H]2CN(C3C[C@@H]4CC[C@H]3CN4C(=O)O)C[C@@H]21. The number of amides is 2. The maximum atomic E-state index is 12.3. The van der Waals surface area contributed by atoms with Gasteiger partial charge in [0.15, 0.2) is 0 Å². The number of likely N-dealkylation sites (tertiary alicyclic amines) is 1. The first-order valence-electron chi connectivity index (χ1n) is 8.99. The van der Waals surface area contributed by atoms with Gasteiger partial charge < -0.3 is 14.9 Å². The number of hydrogen-bond acceptors (Lipinski definition) is 3. The second-order valence-electron chi connectivity index (χ2n) is 7.89. The van der Waals surface area contributed by atoms with Crippen LogP contribution >= 0.6 is 0 Å². The first-order valence-corrected chi connectivity index (χ1v) is 8.99. The zero-order chi connectivity index (χ0) is 16.3. The smallest absolute Gasteiger partial charge is 0.407 e. The quantitative estimate of drug-likeness (QED) is 0.848. The molecule has 6 nitrogen and oxygen atoms in total. The molecular weight excluding hydrogens is 294 g/mol. The first kappa shape index (κ1) is 15.2. The number of carbonyl (C=O) groups excluding carboxylic acids is 1. The van der Waals surface area contributed by atoms with Crippen LogP contribution in [0, 0.1) is 23.7 Å². The molecule has 23 heavy (non-hydrogen) atoms. The lowest BCUT2D eigenvalue weighted by Crippen LogP contribution is -2.60. The fourth-order valence-corrected chi connectivity index (χ4v) is 5.37. The molecule has 2 amide bonds. The number of nitrogens with zero attached hydrogens (tertiary/aromatic N) is 3. The highest BCUT2D eigenvalue weighted by Crippen LogP contribution is 2.54. The maximum Gasteiger partial charge on any atom is 0.407 e. The van der Waals surface area contributed by atoms with E-state index in [1.807, 2.05) is 18.9 Å². The fourth-order valence-electron chi connectivity index (χ4n) is 5.37. The summed E-state index contributed by atoms with van der Waals surface area (Å²) in [6.45, 7) is 5.60. The lowest BCUT2D eigenvalue weighted by molar-refractivity contribution is -0.132. The minimum atomic E-state index is -0.754. The summed E-state index contributed by atoms with van der Waals surface area (Å²) in [7, 11) is 1.90. The molecular formula is C17H27N3O3. The molecule has 5 rings (SSSR count). The molecule has 3 saturated heterocycles. The van der Waals surface area contributed by atoms with Crippen LogP contribution in [0.1, 0.15) is 26.2 Å². The highest BCUT2D eigenvalue weighted by atomic mass is 16.4. The van der Waals surface area contributed by atoms with Crippen molar-refractivity contribution < 1.29 is 14.7 Å². The molecule has 3 aliphatic heterocycles. The number of rotatable bonds is 3. The van der Waals surface area contributed by atoms with E-state index in [9.17, 15) is 14.7 Å². The Labute approximate surface area is 137 Å². The lowest BCUT2D eigenvalue weighted by atomic mass is 9.75. The minimum absolute atomic E-state index is 0.211. The van der Waals surface area contributed by atoms with Crippen LogP contribution in [0.4, 0.5) is 4.79 Å². The van der Waals surface area contributed by atoms with Gasteiger partial charge in [-0.25, -0.2) is 4.79 Å². The van der Waals surface area contributed by atoms with Crippen molar-refractivity contribution in [1.29, 1.82) is 0 Å². The van der Waals surface area contributed by atoms with Crippen LogP contribution in [0.15, 0.2) is 0 Å². The van der Waals surface area contributed by atoms with Crippen LogP contribution in [-0.2, 0) is 4.79 Å². The van der Waals surface area contributed by atoms with E-state index >= 15 is 0 Å². The van der Waals surface area contributed by atoms with E-state index in [0.29, 0.717) is 36.2 Å². The van der Waals surface area contributed by atoms with Crippen LogP contribution in [0.3, 0.4) is 0 Å². The molecule has 0 aromatic rings. The molecule has 2 aliphatic carbocycles. The van der Waals surface area contributed by atoms with Gasteiger partial charge in [0.1, 0.15) is 0 Å². The third-order valence-corrected chi connectivity index (χ3v) is 6.87. The lowest BCUT2D eigenvalue weighted by Gasteiger charge is -2.51. The Morgan fingerprint density at radius 3 is 2.39 bits per heavy atom. The molecule has 1 unspecified atom stereocenters. The monoisotopic (exact) mass is 321 g/mol. The summed E-state index contributed by atoms with van der Waals surface area (Å²) in [5.41, 5.74) is 0. The largest absolute Gasteiger partial charge is 0.465 e. The van der Waals surface area contributed by atoms with Gasteiger partial charge in [0.05, 0.1) is 0 Å². The molecule has 128 valence electrons. The molecule has 5 aliphatic rings. The fraction of sp³-hybridized carbons (Fsp3) is 0.882. The summed E-state index contributed by atoms with van der Waals surface area (Å²) < 4.78 is 0. The third kappa shape index (κ3) is 2.33. The standard InChI is InChI=1S/C17H27N3O3/c1-3-18(2)16(21)15-12-8-19(9-13(12)15)14-6-11-5-4-10(14)7-20(11)17(22)23/h10-15H,3-9H2,1-2H3,(H,22,23)/t10-,11-,12-,13+,14?,15-/m0/s1. The van der Waals surface area contributed by atoms with Crippen LogP contribution in [0.2, 0.25) is 0 Å². The summed E-state index contributed by atoms with van der Waals surface area (Å²) in [6.07, 6.45) is 2.42. The van der Waals surface area contributed by atoms with E-state index in [4.69, 9.17) is 0 Å². The molecule has 0 radical (unpaired) electrons. The van der Waals surface area contributed by atoms with Gasteiger partial charge in [0.2, 0.25) is 5.91 Å². The topological polar surface area (TPSA) is 64.1 Å². The molecule has 0 spiro atoms. The number of fused-ring (bicyclic) bond motifs is 4. The van der Waals surface area contributed by atoms with Crippen LogP contribution < -0.4 is 0 Å². The average molecular weight is 321 g/mol. The number of carboxylic acid groups (broad SMARTS) is 1. The number of hydrogen-bond donors (Lipinski definition) is 1. The molecule has 3 heterocycles. The van der Waals surface area contributed by atoms with E-state index in [0.717, 1.165) is 38.9 Å². The Kier molecular flexibility index (Phi) is 3.55. The van der Waals surface area contributed by atoms with Gasteiger partial charge in [-0.1, -0.05) is 0 Å². The van der Waals surface area contributed by atoms with Gasteiger partial charge in [-0.15, -0.1) is 0 Å². The van der Waals surface area contributed by atoms with Gasteiger partial charge in [-0.3, -0.25) is 9.69 Å². The van der Waals surface area contributed by atoms with Crippen molar-refractivity contribution in [2.45, 2.75) is 38.3 Å². The number of piperidine rings is 3. The first-order chi connectivity index (χ1) is 11.0. The second-order valence-corrected chi connectivity index (χ2v) is 7.89. The zero-order valence-electron chi connectivity index (χ0n) is 14.0. The van der Waals surface area contributed by atoms with Crippen molar-refractivity contribution in [3.8, 4) is 0 Å². The van der Waals surface area contributed by atoms with Gasteiger partial charge in [0.25, 0.3) is 0 Å². The van der Waals surface area contributed by atoms with E-state index in [-0.39, 0.29) is 12.0 Å². The Morgan fingerprint density at radius 2 is 1.87 bits per heavy atom. The predicted octanol–water partition coefficient (Wildman–Crippen LogP) is 1.17. The van der Waals surface area contributed by atoms with Crippen molar-refractivity contribution >= 4 is 12.0 Å². The molecule has 0 aromatic carbocycles. The van der Waals surface area contributed by atoms with E-state index < -0.39 is 6.09 Å².